The number of nitrogens with zero attached hydrogens (tertiary/aromatic N) is 6. The summed E-state index contributed by atoms with van der Waals surface area (Å²) in [5.74, 6) is 1.05. The van der Waals surface area contributed by atoms with Crippen molar-refractivity contribution in [3.05, 3.63) is 66.5 Å². The maximum Gasteiger partial charge on any atom is 0.271 e. The van der Waals surface area contributed by atoms with Crippen LogP contribution >= 0.6 is 0 Å². The van der Waals surface area contributed by atoms with Crippen molar-refractivity contribution in [2.45, 2.75) is 6.92 Å². The number of aromatic nitrogens is 6. The van der Waals surface area contributed by atoms with Gasteiger partial charge in [-0.2, -0.15) is 5.10 Å². The van der Waals surface area contributed by atoms with Gasteiger partial charge >= 0.3 is 0 Å². The third-order valence-electron chi connectivity index (χ3n) is 4.01. The zero-order chi connectivity index (χ0) is 19.3. The van der Waals surface area contributed by atoms with Crippen LogP contribution in [0.25, 0.3) is 16.9 Å². The molecule has 0 saturated heterocycles. The van der Waals surface area contributed by atoms with Crippen LogP contribution in [-0.4, -0.2) is 48.7 Å². The highest BCUT2D eigenvalue weighted by atomic mass is 16.1. The first-order chi connectivity index (χ1) is 13.7. The Balaban J connectivity index is 1.32. The third kappa shape index (κ3) is 3.93. The summed E-state index contributed by atoms with van der Waals surface area (Å²) in [5.41, 5.74) is 2.65. The van der Waals surface area contributed by atoms with Crippen molar-refractivity contribution in [1.82, 2.24) is 35.0 Å². The molecular formula is C19H18N8O. The zero-order valence-corrected chi connectivity index (χ0v) is 15.2. The van der Waals surface area contributed by atoms with Gasteiger partial charge < -0.3 is 10.6 Å². The fourth-order valence-electron chi connectivity index (χ4n) is 2.64. The van der Waals surface area contributed by atoms with E-state index in [1.807, 2.05) is 43.5 Å². The summed E-state index contributed by atoms with van der Waals surface area (Å²) in [6.45, 7) is 2.83. The van der Waals surface area contributed by atoms with E-state index < -0.39 is 0 Å². The van der Waals surface area contributed by atoms with Gasteiger partial charge in [-0.15, -0.1) is 0 Å². The summed E-state index contributed by atoms with van der Waals surface area (Å²) in [4.78, 5) is 29.2. The molecule has 4 aromatic rings. The lowest BCUT2D eigenvalue weighted by molar-refractivity contribution is 0.0950. The molecule has 2 N–H and O–H groups in total. The quantitative estimate of drug-likeness (QED) is 0.495. The molecule has 3 aromatic heterocycles. The molecule has 4 rings (SSSR count). The third-order valence-corrected chi connectivity index (χ3v) is 4.01. The van der Waals surface area contributed by atoms with Crippen LogP contribution in [-0.2, 0) is 0 Å². The molecule has 9 nitrogen and oxygen atoms in total. The minimum atomic E-state index is -0.268. The number of aryl methyl sites for hydroxylation is 1. The van der Waals surface area contributed by atoms with Gasteiger partial charge in [-0.3, -0.25) is 9.78 Å². The Morgan fingerprint density at radius 1 is 1.07 bits per heavy atom. The number of carbonyl (C=O) groups excluding carboxylic acids is 1. The van der Waals surface area contributed by atoms with Crippen molar-refractivity contribution in [3.63, 3.8) is 0 Å². The summed E-state index contributed by atoms with van der Waals surface area (Å²) in [7, 11) is 0. The smallest absolute Gasteiger partial charge is 0.271 e. The lowest BCUT2D eigenvalue weighted by Crippen LogP contribution is -2.29. The molecule has 0 aliphatic carbocycles. The standard InChI is InChI=1S/C19H18N8O/c1-13-6-9-27(26-13)18-10-17(23-12-24-18)20-7-8-21-19(28)16-11-22-14-4-2-3-5-15(14)25-16/h2-6,9-12H,7-8H2,1H3,(H,21,28)(H,20,23,24). The second kappa shape index (κ2) is 7.78. The molecular weight excluding hydrogens is 356 g/mol. The van der Waals surface area contributed by atoms with E-state index in [1.54, 1.807) is 10.7 Å². The maximum absolute atomic E-state index is 12.3. The fraction of sp³-hybridized carbons (Fsp3) is 0.158. The summed E-state index contributed by atoms with van der Waals surface area (Å²) in [6, 6.07) is 11.1. The van der Waals surface area contributed by atoms with E-state index >= 15 is 0 Å². The van der Waals surface area contributed by atoms with Crippen LogP contribution in [0.4, 0.5) is 5.82 Å². The van der Waals surface area contributed by atoms with Crippen molar-refractivity contribution < 1.29 is 4.79 Å². The van der Waals surface area contributed by atoms with Crippen molar-refractivity contribution in [3.8, 4) is 5.82 Å². The number of carbonyl (C=O) groups is 1. The molecule has 1 amide bonds. The molecule has 0 fully saturated rings. The molecule has 28 heavy (non-hydrogen) atoms. The van der Waals surface area contributed by atoms with Crippen molar-refractivity contribution >= 4 is 22.8 Å². The highest BCUT2D eigenvalue weighted by Gasteiger charge is 2.08. The number of amides is 1. The van der Waals surface area contributed by atoms with E-state index in [1.165, 1.54) is 12.5 Å². The van der Waals surface area contributed by atoms with Gasteiger partial charge in [0.25, 0.3) is 5.91 Å². The minimum absolute atomic E-state index is 0.268. The van der Waals surface area contributed by atoms with Gasteiger partial charge in [-0.1, -0.05) is 12.1 Å². The number of para-hydroxylation sites is 2. The molecule has 0 aliphatic heterocycles. The van der Waals surface area contributed by atoms with Crippen molar-refractivity contribution in [2.24, 2.45) is 0 Å². The Kier molecular flexibility index (Phi) is 4.87. The average molecular weight is 374 g/mol. The molecule has 0 aliphatic rings. The predicted molar refractivity (Wildman–Crippen MR) is 104 cm³/mol. The minimum Gasteiger partial charge on any atom is -0.368 e. The van der Waals surface area contributed by atoms with Crippen molar-refractivity contribution in [1.29, 1.82) is 0 Å². The molecule has 0 atom stereocenters. The number of rotatable bonds is 6. The van der Waals surface area contributed by atoms with Crippen molar-refractivity contribution in [2.75, 3.05) is 18.4 Å². The molecule has 0 bridgehead atoms. The van der Waals surface area contributed by atoms with Gasteiger partial charge in [0, 0.05) is 25.4 Å². The van der Waals surface area contributed by atoms with Gasteiger partial charge in [0.05, 0.1) is 22.9 Å². The highest BCUT2D eigenvalue weighted by Crippen LogP contribution is 2.09. The molecule has 140 valence electrons. The van der Waals surface area contributed by atoms with Gasteiger partial charge in [0.1, 0.15) is 17.8 Å². The molecule has 9 heteroatoms. The van der Waals surface area contributed by atoms with Crippen LogP contribution in [0.5, 0.6) is 0 Å². The van der Waals surface area contributed by atoms with E-state index in [0.29, 0.717) is 30.2 Å². The number of hydrogen-bond donors (Lipinski definition) is 2. The SMILES string of the molecule is Cc1ccn(-c2cc(NCCNC(=O)c3cnc4ccccc4n3)ncn2)n1. The first kappa shape index (κ1) is 17.5. The Labute approximate surface area is 160 Å². The number of anilines is 1. The number of hydrogen-bond acceptors (Lipinski definition) is 7. The van der Waals surface area contributed by atoms with E-state index in [9.17, 15) is 4.79 Å². The van der Waals surface area contributed by atoms with Crippen LogP contribution < -0.4 is 10.6 Å². The van der Waals surface area contributed by atoms with E-state index in [0.717, 1.165) is 11.2 Å². The lowest BCUT2D eigenvalue weighted by Gasteiger charge is -2.08. The van der Waals surface area contributed by atoms with Crippen LogP contribution in [0.15, 0.2) is 55.1 Å². The van der Waals surface area contributed by atoms with E-state index in [4.69, 9.17) is 0 Å². The number of nitrogens with one attached hydrogen (secondary N) is 2. The monoisotopic (exact) mass is 374 g/mol. The molecule has 3 heterocycles. The molecule has 0 unspecified atom stereocenters. The lowest BCUT2D eigenvalue weighted by atomic mass is 10.3. The van der Waals surface area contributed by atoms with E-state index in [-0.39, 0.29) is 11.6 Å². The Morgan fingerprint density at radius 2 is 1.93 bits per heavy atom. The maximum atomic E-state index is 12.3. The second-order valence-electron chi connectivity index (χ2n) is 6.09. The summed E-state index contributed by atoms with van der Waals surface area (Å²) in [6.07, 6.45) is 4.79. The topological polar surface area (TPSA) is 111 Å². The van der Waals surface area contributed by atoms with E-state index in [2.05, 4.69) is 35.7 Å². The van der Waals surface area contributed by atoms with Crippen LogP contribution in [0.2, 0.25) is 0 Å². The average Bonchev–Trinajstić information content (AvgIpc) is 3.17. The Bertz CT molecular complexity index is 1120. The zero-order valence-electron chi connectivity index (χ0n) is 15.2. The largest absolute Gasteiger partial charge is 0.368 e. The fourth-order valence-corrected chi connectivity index (χ4v) is 2.64. The molecule has 0 radical (unpaired) electrons. The normalized spacial score (nSPS) is 10.8. The Morgan fingerprint density at radius 3 is 2.75 bits per heavy atom. The summed E-state index contributed by atoms with van der Waals surface area (Å²) in [5, 5.41) is 10.3. The number of fused-ring (bicyclic) bond motifs is 1. The van der Waals surface area contributed by atoms with Gasteiger partial charge in [0.15, 0.2) is 5.82 Å². The highest BCUT2D eigenvalue weighted by molar-refractivity contribution is 5.93. The van der Waals surface area contributed by atoms with Gasteiger partial charge in [-0.05, 0) is 25.1 Å². The van der Waals surface area contributed by atoms with Crippen LogP contribution in [0.1, 0.15) is 16.2 Å². The Hall–Kier alpha value is -3.88. The first-order valence-electron chi connectivity index (χ1n) is 8.77. The van der Waals surface area contributed by atoms with Gasteiger partial charge in [-0.25, -0.2) is 19.6 Å². The molecule has 0 saturated carbocycles. The summed E-state index contributed by atoms with van der Waals surface area (Å²) < 4.78 is 1.68. The predicted octanol–water partition coefficient (Wildman–Crippen LogP) is 1.76. The molecule has 1 aromatic carbocycles. The second-order valence-corrected chi connectivity index (χ2v) is 6.09. The number of benzene rings is 1. The first-order valence-corrected chi connectivity index (χ1v) is 8.77. The van der Waals surface area contributed by atoms with Crippen LogP contribution in [0, 0.1) is 6.92 Å². The summed E-state index contributed by atoms with van der Waals surface area (Å²) >= 11 is 0. The molecule has 0 spiro atoms. The van der Waals surface area contributed by atoms with Gasteiger partial charge in [0.2, 0.25) is 0 Å². The van der Waals surface area contributed by atoms with Crippen LogP contribution in [0.3, 0.4) is 0 Å².